The van der Waals surface area contributed by atoms with Crippen LogP contribution in [0.5, 0.6) is 0 Å². The highest BCUT2D eigenvalue weighted by atomic mass is 14.3. The largest absolute Gasteiger partial charge is 0.0999 e. The molecule has 14 heavy (non-hydrogen) atoms. The fraction of sp³-hybridized carbons (Fsp3) is 0.857. The van der Waals surface area contributed by atoms with Crippen LogP contribution in [-0.4, -0.2) is 0 Å². The molecule has 0 saturated heterocycles. The van der Waals surface area contributed by atoms with E-state index in [1.807, 2.05) is 0 Å². The summed E-state index contributed by atoms with van der Waals surface area (Å²) in [7, 11) is 0. The highest BCUT2D eigenvalue weighted by Crippen LogP contribution is 2.38. The molecule has 82 valence electrons. The molecule has 0 aromatic heterocycles. The average Bonchev–Trinajstić information content (AvgIpc) is 2.17. The minimum Gasteiger partial charge on any atom is -0.0999 e. The van der Waals surface area contributed by atoms with Crippen molar-refractivity contribution >= 4 is 0 Å². The molecule has 0 aromatic carbocycles. The lowest BCUT2D eigenvalue weighted by Crippen LogP contribution is -2.20. The maximum absolute atomic E-state index is 4.16. The van der Waals surface area contributed by atoms with Gasteiger partial charge in [0.15, 0.2) is 0 Å². The second kappa shape index (κ2) is 6.27. The standard InChI is InChI=1S/C14H26/c1-4-6-8-13-10-9-12(3)11-14(13)7-5-2/h13-14H,3-11H2,1-2H3. The Balaban J connectivity index is 2.40. The van der Waals surface area contributed by atoms with E-state index in [1.165, 1.54) is 56.9 Å². The number of hydrogen-bond donors (Lipinski definition) is 0. The van der Waals surface area contributed by atoms with Crippen LogP contribution >= 0.6 is 0 Å². The quantitative estimate of drug-likeness (QED) is 0.543. The van der Waals surface area contributed by atoms with Gasteiger partial charge in [0.05, 0.1) is 0 Å². The van der Waals surface area contributed by atoms with E-state index in [4.69, 9.17) is 0 Å². The molecule has 0 heterocycles. The molecule has 0 amide bonds. The van der Waals surface area contributed by atoms with Crippen LogP contribution in [0.2, 0.25) is 0 Å². The summed E-state index contributed by atoms with van der Waals surface area (Å²) in [5.74, 6) is 1.98. The molecule has 2 atom stereocenters. The van der Waals surface area contributed by atoms with Crippen molar-refractivity contribution in [2.45, 2.75) is 65.2 Å². The molecule has 0 radical (unpaired) electrons. The maximum atomic E-state index is 4.16. The first-order valence-electron chi connectivity index (χ1n) is 6.44. The zero-order valence-electron chi connectivity index (χ0n) is 10.0. The van der Waals surface area contributed by atoms with Crippen molar-refractivity contribution < 1.29 is 0 Å². The fourth-order valence-corrected chi connectivity index (χ4v) is 2.82. The third kappa shape index (κ3) is 3.48. The fourth-order valence-electron chi connectivity index (χ4n) is 2.82. The Morgan fingerprint density at radius 2 is 1.93 bits per heavy atom. The molecular weight excluding hydrogens is 168 g/mol. The molecule has 1 saturated carbocycles. The summed E-state index contributed by atoms with van der Waals surface area (Å²) in [6.07, 6.45) is 11.1. The summed E-state index contributed by atoms with van der Waals surface area (Å²) >= 11 is 0. The van der Waals surface area contributed by atoms with E-state index in [0.29, 0.717) is 0 Å². The highest BCUT2D eigenvalue weighted by molar-refractivity contribution is 5.01. The minimum atomic E-state index is 0.966. The van der Waals surface area contributed by atoms with E-state index < -0.39 is 0 Å². The lowest BCUT2D eigenvalue weighted by atomic mass is 9.73. The zero-order chi connectivity index (χ0) is 10.4. The van der Waals surface area contributed by atoms with Gasteiger partial charge in [0.25, 0.3) is 0 Å². The first kappa shape index (κ1) is 11.8. The third-order valence-electron chi connectivity index (χ3n) is 3.67. The van der Waals surface area contributed by atoms with Crippen molar-refractivity contribution in [2.24, 2.45) is 11.8 Å². The summed E-state index contributed by atoms with van der Waals surface area (Å²) in [5.41, 5.74) is 1.51. The molecule has 1 aliphatic rings. The van der Waals surface area contributed by atoms with Crippen LogP contribution in [-0.2, 0) is 0 Å². The van der Waals surface area contributed by atoms with Gasteiger partial charge >= 0.3 is 0 Å². The molecule has 0 bridgehead atoms. The van der Waals surface area contributed by atoms with Crippen molar-refractivity contribution in [3.8, 4) is 0 Å². The molecule has 2 unspecified atom stereocenters. The molecule has 1 rings (SSSR count). The second-order valence-electron chi connectivity index (χ2n) is 4.94. The Morgan fingerprint density at radius 3 is 2.57 bits per heavy atom. The number of unbranched alkanes of at least 4 members (excludes halogenated alkanes) is 1. The highest BCUT2D eigenvalue weighted by Gasteiger charge is 2.25. The van der Waals surface area contributed by atoms with Gasteiger partial charge < -0.3 is 0 Å². The van der Waals surface area contributed by atoms with Crippen molar-refractivity contribution in [1.29, 1.82) is 0 Å². The van der Waals surface area contributed by atoms with E-state index in [9.17, 15) is 0 Å². The Labute approximate surface area is 89.8 Å². The number of hydrogen-bond acceptors (Lipinski definition) is 0. The normalized spacial score (nSPS) is 28.0. The third-order valence-corrected chi connectivity index (χ3v) is 3.67. The molecule has 0 spiro atoms. The lowest BCUT2D eigenvalue weighted by molar-refractivity contribution is 0.240. The maximum Gasteiger partial charge on any atom is -0.0292 e. The van der Waals surface area contributed by atoms with E-state index in [2.05, 4.69) is 20.4 Å². The first-order chi connectivity index (χ1) is 6.77. The Hall–Kier alpha value is -0.260. The van der Waals surface area contributed by atoms with Gasteiger partial charge in [-0.2, -0.15) is 0 Å². The molecule has 0 N–H and O–H groups in total. The summed E-state index contributed by atoms with van der Waals surface area (Å²) in [6.45, 7) is 8.78. The van der Waals surface area contributed by atoms with Crippen LogP contribution in [0, 0.1) is 11.8 Å². The van der Waals surface area contributed by atoms with Crippen molar-refractivity contribution in [3.63, 3.8) is 0 Å². The van der Waals surface area contributed by atoms with E-state index in [1.54, 1.807) is 0 Å². The second-order valence-corrected chi connectivity index (χ2v) is 4.94. The van der Waals surface area contributed by atoms with Gasteiger partial charge in [-0.3, -0.25) is 0 Å². The monoisotopic (exact) mass is 194 g/mol. The van der Waals surface area contributed by atoms with Crippen molar-refractivity contribution in [3.05, 3.63) is 12.2 Å². The van der Waals surface area contributed by atoms with Crippen molar-refractivity contribution in [2.75, 3.05) is 0 Å². The Kier molecular flexibility index (Phi) is 5.29. The molecule has 0 aromatic rings. The van der Waals surface area contributed by atoms with E-state index >= 15 is 0 Å². The van der Waals surface area contributed by atoms with Crippen LogP contribution in [0.15, 0.2) is 12.2 Å². The van der Waals surface area contributed by atoms with Gasteiger partial charge in [-0.05, 0) is 31.1 Å². The van der Waals surface area contributed by atoms with Crippen LogP contribution in [0.3, 0.4) is 0 Å². The van der Waals surface area contributed by atoms with Gasteiger partial charge in [0.2, 0.25) is 0 Å². The van der Waals surface area contributed by atoms with Gasteiger partial charge in [-0.15, -0.1) is 0 Å². The van der Waals surface area contributed by atoms with Gasteiger partial charge in [0, 0.05) is 0 Å². The molecule has 1 fully saturated rings. The summed E-state index contributed by atoms with van der Waals surface area (Å²) < 4.78 is 0. The summed E-state index contributed by atoms with van der Waals surface area (Å²) in [5, 5.41) is 0. The number of rotatable bonds is 5. The summed E-state index contributed by atoms with van der Waals surface area (Å²) in [6, 6.07) is 0. The van der Waals surface area contributed by atoms with Crippen LogP contribution < -0.4 is 0 Å². The van der Waals surface area contributed by atoms with E-state index in [-0.39, 0.29) is 0 Å². The Bertz CT molecular complexity index is 169. The first-order valence-corrected chi connectivity index (χ1v) is 6.44. The minimum absolute atomic E-state index is 0.966. The molecular formula is C14H26. The summed E-state index contributed by atoms with van der Waals surface area (Å²) in [4.78, 5) is 0. The van der Waals surface area contributed by atoms with Gasteiger partial charge in [0.1, 0.15) is 0 Å². The SMILES string of the molecule is C=C1CCC(CCCC)C(CCC)C1. The zero-order valence-corrected chi connectivity index (χ0v) is 10.0. The lowest BCUT2D eigenvalue weighted by Gasteiger charge is -2.32. The topological polar surface area (TPSA) is 0 Å². The Morgan fingerprint density at radius 1 is 1.14 bits per heavy atom. The van der Waals surface area contributed by atoms with Crippen LogP contribution in [0.4, 0.5) is 0 Å². The van der Waals surface area contributed by atoms with Crippen LogP contribution in [0.25, 0.3) is 0 Å². The van der Waals surface area contributed by atoms with E-state index in [0.717, 1.165) is 11.8 Å². The van der Waals surface area contributed by atoms with Crippen molar-refractivity contribution in [1.82, 2.24) is 0 Å². The predicted molar refractivity (Wildman–Crippen MR) is 64.4 cm³/mol. The molecule has 0 aliphatic heterocycles. The van der Waals surface area contributed by atoms with Gasteiger partial charge in [-0.1, -0.05) is 58.1 Å². The molecule has 1 aliphatic carbocycles. The van der Waals surface area contributed by atoms with Gasteiger partial charge in [-0.25, -0.2) is 0 Å². The smallest absolute Gasteiger partial charge is 0.0292 e. The average molecular weight is 194 g/mol. The predicted octanol–water partition coefficient (Wildman–Crippen LogP) is 4.95. The number of allylic oxidation sites excluding steroid dienone is 1. The molecule has 0 nitrogen and oxygen atoms in total. The molecule has 0 heteroatoms. The van der Waals surface area contributed by atoms with Crippen LogP contribution in [0.1, 0.15) is 65.2 Å².